The molecule has 1 spiro atoms. The zero-order valence-corrected chi connectivity index (χ0v) is 17.4. The van der Waals surface area contributed by atoms with Gasteiger partial charge in [0.2, 0.25) is 5.91 Å². The molecule has 0 unspecified atom stereocenters. The third-order valence-electron chi connectivity index (χ3n) is 5.95. The Morgan fingerprint density at radius 1 is 1.37 bits per heavy atom. The smallest absolute Gasteiger partial charge is 0.323 e. The monoisotopic (exact) mass is 430 g/mol. The summed E-state index contributed by atoms with van der Waals surface area (Å²) in [5.41, 5.74) is 0.274. The summed E-state index contributed by atoms with van der Waals surface area (Å²) in [6, 6.07) is 5.50. The maximum Gasteiger partial charge on any atom is 0.325 e. The minimum atomic E-state index is -0.866. The molecule has 2 aromatic rings. The number of nitrogens with zero attached hydrogens (tertiary/aromatic N) is 2. The summed E-state index contributed by atoms with van der Waals surface area (Å²) in [6.45, 7) is 1.77. The standard InChI is InChI=1S/C21H23FN4O3S/c1-2-13-6-8-21(9-7-13)18(28)26(20(29)25-21)11-17(27)24-19-23-16(12-30-19)14-4-3-5-15(22)10-14/h3-5,10,12-13H,2,6-9,11H2,1H3,(H,25,29)(H,23,24,27). The molecule has 0 radical (unpaired) electrons. The van der Waals surface area contributed by atoms with Gasteiger partial charge in [-0.05, 0) is 43.7 Å². The van der Waals surface area contributed by atoms with E-state index in [0.29, 0.717) is 35.1 Å². The van der Waals surface area contributed by atoms with Gasteiger partial charge >= 0.3 is 6.03 Å². The van der Waals surface area contributed by atoms with Crippen molar-refractivity contribution in [2.45, 2.75) is 44.6 Å². The number of thiazole rings is 1. The molecule has 1 aromatic heterocycles. The normalized spacial score (nSPS) is 23.7. The zero-order chi connectivity index (χ0) is 21.3. The molecular formula is C21H23FN4O3S. The molecule has 0 bridgehead atoms. The summed E-state index contributed by atoms with van der Waals surface area (Å²) in [7, 11) is 0. The molecule has 30 heavy (non-hydrogen) atoms. The van der Waals surface area contributed by atoms with Crippen LogP contribution in [-0.2, 0) is 9.59 Å². The number of urea groups is 1. The molecule has 158 valence electrons. The molecule has 2 fully saturated rings. The highest BCUT2D eigenvalue weighted by Crippen LogP contribution is 2.37. The number of carbonyl (C=O) groups excluding carboxylic acids is 3. The van der Waals surface area contributed by atoms with E-state index < -0.39 is 17.5 Å². The highest BCUT2D eigenvalue weighted by molar-refractivity contribution is 7.14. The van der Waals surface area contributed by atoms with Crippen LogP contribution >= 0.6 is 11.3 Å². The SMILES string of the molecule is CCC1CCC2(CC1)NC(=O)N(CC(=O)Nc1nc(-c3cccc(F)c3)cs1)C2=O. The van der Waals surface area contributed by atoms with E-state index in [4.69, 9.17) is 0 Å². The Hall–Kier alpha value is -2.81. The molecule has 1 saturated heterocycles. The van der Waals surface area contributed by atoms with Crippen LogP contribution in [-0.4, -0.2) is 39.8 Å². The molecule has 9 heteroatoms. The van der Waals surface area contributed by atoms with Crippen LogP contribution in [0.1, 0.15) is 39.0 Å². The third-order valence-corrected chi connectivity index (χ3v) is 6.71. The minimum absolute atomic E-state index is 0.322. The van der Waals surface area contributed by atoms with Crippen LogP contribution in [0.3, 0.4) is 0 Å². The van der Waals surface area contributed by atoms with Crippen molar-refractivity contribution in [3.63, 3.8) is 0 Å². The number of anilines is 1. The van der Waals surface area contributed by atoms with Crippen molar-refractivity contribution < 1.29 is 18.8 Å². The molecule has 2 aliphatic rings. The number of imide groups is 1. The van der Waals surface area contributed by atoms with Crippen LogP contribution in [0.2, 0.25) is 0 Å². The van der Waals surface area contributed by atoms with Gasteiger partial charge in [-0.25, -0.2) is 14.2 Å². The van der Waals surface area contributed by atoms with Crippen molar-refractivity contribution in [2.24, 2.45) is 5.92 Å². The number of amides is 4. The molecule has 4 rings (SSSR count). The molecule has 1 aliphatic carbocycles. The Balaban J connectivity index is 1.39. The fraction of sp³-hybridized carbons (Fsp3) is 0.429. The van der Waals surface area contributed by atoms with E-state index in [1.165, 1.54) is 23.5 Å². The number of hydrogen-bond acceptors (Lipinski definition) is 5. The Morgan fingerprint density at radius 3 is 2.83 bits per heavy atom. The van der Waals surface area contributed by atoms with E-state index in [1.807, 2.05) is 0 Å². The minimum Gasteiger partial charge on any atom is -0.323 e. The first kappa shape index (κ1) is 20.5. The fourth-order valence-corrected chi connectivity index (χ4v) is 4.89. The van der Waals surface area contributed by atoms with E-state index in [0.717, 1.165) is 24.2 Å². The van der Waals surface area contributed by atoms with Gasteiger partial charge in [0.1, 0.15) is 17.9 Å². The van der Waals surface area contributed by atoms with Crippen LogP contribution in [0.25, 0.3) is 11.3 Å². The molecule has 7 nitrogen and oxygen atoms in total. The molecule has 1 aliphatic heterocycles. The maximum atomic E-state index is 13.4. The zero-order valence-electron chi connectivity index (χ0n) is 16.6. The first-order valence-electron chi connectivity index (χ1n) is 10.1. The Kier molecular flexibility index (Phi) is 5.55. The second-order valence-electron chi connectivity index (χ2n) is 7.85. The second kappa shape index (κ2) is 8.14. The number of nitrogens with one attached hydrogen (secondary N) is 2. The third kappa shape index (κ3) is 3.94. The topological polar surface area (TPSA) is 91.4 Å². The van der Waals surface area contributed by atoms with Gasteiger partial charge in [0.05, 0.1) is 5.69 Å². The van der Waals surface area contributed by atoms with E-state index in [9.17, 15) is 18.8 Å². The average Bonchev–Trinajstić information content (AvgIpc) is 3.28. The fourth-order valence-electron chi connectivity index (χ4n) is 4.15. The molecule has 2 heterocycles. The van der Waals surface area contributed by atoms with Crippen molar-refractivity contribution in [2.75, 3.05) is 11.9 Å². The Morgan fingerprint density at radius 2 is 2.13 bits per heavy atom. The van der Waals surface area contributed by atoms with Crippen molar-refractivity contribution in [1.29, 1.82) is 0 Å². The number of benzene rings is 1. The summed E-state index contributed by atoms with van der Waals surface area (Å²) >= 11 is 1.19. The maximum absolute atomic E-state index is 13.4. The van der Waals surface area contributed by atoms with Crippen LogP contribution in [0.15, 0.2) is 29.6 Å². The van der Waals surface area contributed by atoms with Crippen LogP contribution in [0, 0.1) is 11.7 Å². The van der Waals surface area contributed by atoms with Crippen molar-refractivity contribution in [3.8, 4) is 11.3 Å². The molecule has 0 atom stereocenters. The van der Waals surface area contributed by atoms with Gasteiger partial charge in [-0.2, -0.15) is 0 Å². The van der Waals surface area contributed by atoms with E-state index in [-0.39, 0.29) is 18.3 Å². The lowest BCUT2D eigenvalue weighted by atomic mass is 9.75. The van der Waals surface area contributed by atoms with Gasteiger partial charge in [0.15, 0.2) is 5.13 Å². The summed E-state index contributed by atoms with van der Waals surface area (Å²) in [5.74, 6) is -0.615. The van der Waals surface area contributed by atoms with Gasteiger partial charge in [0, 0.05) is 10.9 Å². The quantitative estimate of drug-likeness (QED) is 0.707. The molecular weight excluding hydrogens is 407 g/mol. The summed E-state index contributed by atoms with van der Waals surface area (Å²) in [5, 5.41) is 7.48. The van der Waals surface area contributed by atoms with Crippen LogP contribution in [0.5, 0.6) is 0 Å². The summed E-state index contributed by atoms with van der Waals surface area (Å²) in [6.07, 6.45) is 4.07. The predicted molar refractivity (Wildman–Crippen MR) is 111 cm³/mol. The molecule has 1 saturated carbocycles. The number of carbonyl (C=O) groups is 3. The predicted octanol–water partition coefficient (Wildman–Crippen LogP) is 3.78. The molecule has 2 N–H and O–H groups in total. The van der Waals surface area contributed by atoms with E-state index in [2.05, 4.69) is 22.5 Å². The number of rotatable bonds is 5. The lowest BCUT2D eigenvalue weighted by Gasteiger charge is -2.34. The van der Waals surface area contributed by atoms with Gasteiger partial charge < -0.3 is 10.6 Å². The second-order valence-corrected chi connectivity index (χ2v) is 8.71. The highest BCUT2D eigenvalue weighted by atomic mass is 32.1. The van der Waals surface area contributed by atoms with Gasteiger partial charge in [-0.3, -0.25) is 14.5 Å². The lowest BCUT2D eigenvalue weighted by molar-refractivity contribution is -0.135. The number of halogens is 1. The molecule has 4 amide bonds. The average molecular weight is 431 g/mol. The van der Waals surface area contributed by atoms with Gasteiger partial charge in [0.25, 0.3) is 5.91 Å². The summed E-state index contributed by atoms with van der Waals surface area (Å²) in [4.78, 5) is 43.0. The van der Waals surface area contributed by atoms with Crippen molar-refractivity contribution >= 4 is 34.3 Å². The highest BCUT2D eigenvalue weighted by Gasteiger charge is 2.52. The first-order chi connectivity index (χ1) is 14.4. The number of aromatic nitrogens is 1. The largest absolute Gasteiger partial charge is 0.325 e. The Bertz CT molecular complexity index is 984. The van der Waals surface area contributed by atoms with Gasteiger partial charge in [-0.1, -0.05) is 25.5 Å². The Labute approximate surface area is 177 Å². The lowest BCUT2D eigenvalue weighted by Crippen LogP contribution is -2.49. The molecule has 1 aromatic carbocycles. The van der Waals surface area contributed by atoms with E-state index in [1.54, 1.807) is 17.5 Å². The van der Waals surface area contributed by atoms with Crippen molar-refractivity contribution in [3.05, 3.63) is 35.5 Å². The first-order valence-corrected chi connectivity index (χ1v) is 10.9. The van der Waals surface area contributed by atoms with E-state index >= 15 is 0 Å². The van der Waals surface area contributed by atoms with Gasteiger partial charge in [-0.15, -0.1) is 11.3 Å². The number of hydrogen-bond donors (Lipinski definition) is 2. The summed E-state index contributed by atoms with van der Waals surface area (Å²) < 4.78 is 13.4. The van der Waals surface area contributed by atoms with Crippen LogP contribution in [0.4, 0.5) is 14.3 Å². The van der Waals surface area contributed by atoms with Crippen LogP contribution < -0.4 is 10.6 Å². The van der Waals surface area contributed by atoms with Crippen molar-refractivity contribution in [1.82, 2.24) is 15.2 Å².